The molecule has 0 bridgehead atoms. The Kier molecular flexibility index (Phi) is 3.62. The van der Waals surface area contributed by atoms with Crippen LogP contribution in [0.25, 0.3) is 0 Å². The minimum absolute atomic E-state index is 0.166. The summed E-state index contributed by atoms with van der Waals surface area (Å²) in [6.07, 6.45) is 2.06. The van der Waals surface area contributed by atoms with Crippen molar-refractivity contribution in [1.29, 1.82) is 0 Å². The summed E-state index contributed by atoms with van der Waals surface area (Å²) in [4.78, 5) is 0.510. The summed E-state index contributed by atoms with van der Waals surface area (Å²) in [7, 11) is -3.37. The van der Waals surface area contributed by atoms with Crippen molar-refractivity contribution >= 4 is 10.0 Å². The number of rotatable bonds is 2. The van der Waals surface area contributed by atoms with Gasteiger partial charge in [0.15, 0.2) is 0 Å². The summed E-state index contributed by atoms with van der Waals surface area (Å²) < 4.78 is 27.8. The van der Waals surface area contributed by atoms with Crippen LogP contribution in [-0.4, -0.2) is 38.9 Å². The molecule has 1 N–H and O–H groups in total. The van der Waals surface area contributed by atoms with Gasteiger partial charge in [-0.3, -0.25) is 0 Å². The lowest BCUT2D eigenvalue weighted by atomic mass is 9.87. The topological polar surface area (TPSA) is 49.4 Å². The molecule has 116 valence electrons. The number of hydrogen-bond acceptors (Lipinski definition) is 3. The second kappa shape index (κ2) is 5.07. The SMILES string of the molecule is Cc1cc(C)c(S(=O)(=O)N2CCC3(CCNC3)C2)c(C)c1. The Hall–Kier alpha value is -0.910. The minimum atomic E-state index is -3.37. The first kappa shape index (κ1) is 15.0. The molecule has 2 heterocycles. The number of nitrogens with zero attached hydrogens (tertiary/aromatic N) is 1. The molecule has 5 heteroatoms. The number of aryl methyl sites for hydroxylation is 3. The molecule has 1 spiro atoms. The van der Waals surface area contributed by atoms with Gasteiger partial charge in [-0.15, -0.1) is 0 Å². The zero-order valence-electron chi connectivity index (χ0n) is 13.1. The normalized spacial score (nSPS) is 26.8. The van der Waals surface area contributed by atoms with Gasteiger partial charge in [-0.1, -0.05) is 17.7 Å². The Morgan fingerprint density at radius 1 is 1.14 bits per heavy atom. The van der Waals surface area contributed by atoms with E-state index in [9.17, 15) is 8.42 Å². The quantitative estimate of drug-likeness (QED) is 0.909. The predicted octanol–water partition coefficient (Wildman–Crippen LogP) is 1.99. The Morgan fingerprint density at radius 3 is 2.38 bits per heavy atom. The van der Waals surface area contributed by atoms with E-state index in [1.165, 1.54) is 0 Å². The maximum absolute atomic E-state index is 13.0. The molecule has 2 fully saturated rings. The van der Waals surface area contributed by atoms with Crippen LogP contribution < -0.4 is 5.32 Å². The Balaban J connectivity index is 1.95. The highest BCUT2D eigenvalue weighted by atomic mass is 32.2. The highest BCUT2D eigenvalue weighted by Crippen LogP contribution is 2.39. The van der Waals surface area contributed by atoms with E-state index in [4.69, 9.17) is 0 Å². The average Bonchev–Trinajstić information content (AvgIpc) is 2.99. The summed E-state index contributed by atoms with van der Waals surface area (Å²) in [5.74, 6) is 0. The van der Waals surface area contributed by atoms with Gasteiger partial charge < -0.3 is 5.32 Å². The van der Waals surface area contributed by atoms with E-state index in [-0.39, 0.29) is 5.41 Å². The van der Waals surface area contributed by atoms with E-state index in [2.05, 4.69) is 5.32 Å². The fourth-order valence-corrected chi connectivity index (χ4v) is 5.91. The summed E-state index contributed by atoms with van der Waals surface area (Å²) >= 11 is 0. The van der Waals surface area contributed by atoms with E-state index in [0.717, 1.165) is 42.6 Å². The molecule has 0 saturated carbocycles. The van der Waals surface area contributed by atoms with Gasteiger partial charge in [0.2, 0.25) is 10.0 Å². The van der Waals surface area contributed by atoms with E-state index >= 15 is 0 Å². The number of sulfonamides is 1. The molecule has 1 aromatic carbocycles. The van der Waals surface area contributed by atoms with Crippen molar-refractivity contribution < 1.29 is 8.42 Å². The molecule has 1 atom stereocenters. The van der Waals surface area contributed by atoms with Crippen molar-refractivity contribution in [3.05, 3.63) is 28.8 Å². The number of benzene rings is 1. The summed E-state index contributed by atoms with van der Waals surface area (Å²) in [6, 6.07) is 3.92. The second-order valence-electron chi connectivity index (χ2n) is 6.74. The van der Waals surface area contributed by atoms with Crippen LogP contribution in [0.1, 0.15) is 29.5 Å². The van der Waals surface area contributed by atoms with Crippen molar-refractivity contribution in [2.75, 3.05) is 26.2 Å². The van der Waals surface area contributed by atoms with Gasteiger partial charge in [-0.05, 0) is 56.7 Å². The van der Waals surface area contributed by atoms with Crippen LogP contribution in [0.15, 0.2) is 17.0 Å². The molecule has 0 radical (unpaired) electrons. The fraction of sp³-hybridized carbons (Fsp3) is 0.625. The summed E-state index contributed by atoms with van der Waals surface area (Å²) in [5, 5.41) is 3.38. The molecule has 1 unspecified atom stereocenters. The van der Waals surface area contributed by atoms with Crippen molar-refractivity contribution in [1.82, 2.24) is 9.62 Å². The lowest BCUT2D eigenvalue weighted by Crippen LogP contribution is -2.34. The van der Waals surface area contributed by atoms with Crippen molar-refractivity contribution in [2.45, 2.75) is 38.5 Å². The Morgan fingerprint density at radius 2 is 1.81 bits per heavy atom. The Bertz CT molecular complexity index is 638. The zero-order valence-corrected chi connectivity index (χ0v) is 13.9. The van der Waals surface area contributed by atoms with Crippen LogP contribution in [0.3, 0.4) is 0 Å². The predicted molar refractivity (Wildman–Crippen MR) is 83.9 cm³/mol. The van der Waals surface area contributed by atoms with Gasteiger partial charge in [0, 0.05) is 19.6 Å². The highest BCUT2D eigenvalue weighted by molar-refractivity contribution is 7.89. The standard InChI is InChI=1S/C16H24N2O2S/c1-12-8-13(2)15(14(3)9-12)21(19,20)18-7-5-16(11-18)4-6-17-10-16/h8-9,17H,4-7,10-11H2,1-3H3. The average molecular weight is 308 g/mol. The largest absolute Gasteiger partial charge is 0.316 e. The van der Waals surface area contributed by atoms with Crippen LogP contribution in [0, 0.1) is 26.2 Å². The lowest BCUT2D eigenvalue weighted by Gasteiger charge is -2.24. The van der Waals surface area contributed by atoms with E-state index in [0.29, 0.717) is 18.0 Å². The van der Waals surface area contributed by atoms with E-state index < -0.39 is 10.0 Å². The Labute approximate surface area is 127 Å². The smallest absolute Gasteiger partial charge is 0.243 e. The maximum Gasteiger partial charge on any atom is 0.243 e. The molecule has 0 aromatic heterocycles. The van der Waals surface area contributed by atoms with Gasteiger partial charge in [0.1, 0.15) is 0 Å². The van der Waals surface area contributed by atoms with Crippen LogP contribution >= 0.6 is 0 Å². The van der Waals surface area contributed by atoms with E-state index in [1.807, 2.05) is 32.9 Å². The number of hydrogen-bond donors (Lipinski definition) is 1. The highest BCUT2D eigenvalue weighted by Gasteiger charge is 2.44. The van der Waals surface area contributed by atoms with Gasteiger partial charge in [0.25, 0.3) is 0 Å². The van der Waals surface area contributed by atoms with Gasteiger partial charge in [-0.25, -0.2) is 8.42 Å². The minimum Gasteiger partial charge on any atom is -0.316 e. The van der Waals surface area contributed by atoms with Gasteiger partial charge >= 0.3 is 0 Å². The van der Waals surface area contributed by atoms with Crippen LogP contribution in [0.5, 0.6) is 0 Å². The van der Waals surface area contributed by atoms with Crippen LogP contribution in [0.2, 0.25) is 0 Å². The molecular formula is C16H24N2O2S. The fourth-order valence-electron chi connectivity index (χ4n) is 3.95. The third kappa shape index (κ3) is 2.51. The molecular weight excluding hydrogens is 284 g/mol. The monoisotopic (exact) mass is 308 g/mol. The van der Waals surface area contributed by atoms with Gasteiger partial charge in [-0.2, -0.15) is 4.31 Å². The molecule has 3 rings (SSSR count). The third-order valence-electron chi connectivity index (χ3n) is 4.94. The molecule has 2 aliphatic heterocycles. The maximum atomic E-state index is 13.0. The first-order chi connectivity index (χ1) is 9.84. The van der Waals surface area contributed by atoms with Crippen molar-refractivity contribution in [2.24, 2.45) is 5.41 Å². The third-order valence-corrected chi connectivity index (χ3v) is 7.09. The zero-order chi connectivity index (χ0) is 15.3. The summed E-state index contributed by atoms with van der Waals surface area (Å²) in [6.45, 7) is 9.07. The van der Waals surface area contributed by atoms with Crippen molar-refractivity contribution in [3.8, 4) is 0 Å². The molecule has 0 amide bonds. The number of nitrogens with one attached hydrogen (secondary N) is 1. The molecule has 4 nitrogen and oxygen atoms in total. The van der Waals surface area contributed by atoms with Crippen LogP contribution in [-0.2, 0) is 10.0 Å². The molecule has 21 heavy (non-hydrogen) atoms. The van der Waals surface area contributed by atoms with Crippen molar-refractivity contribution in [3.63, 3.8) is 0 Å². The lowest BCUT2D eigenvalue weighted by molar-refractivity contribution is 0.338. The van der Waals surface area contributed by atoms with E-state index in [1.54, 1.807) is 4.31 Å². The molecule has 0 aliphatic carbocycles. The summed E-state index contributed by atoms with van der Waals surface area (Å²) in [5.41, 5.74) is 3.00. The molecule has 1 aromatic rings. The first-order valence-corrected chi connectivity index (χ1v) is 9.07. The molecule has 2 saturated heterocycles. The second-order valence-corrected chi connectivity index (χ2v) is 8.62. The van der Waals surface area contributed by atoms with Gasteiger partial charge in [0.05, 0.1) is 4.90 Å². The van der Waals surface area contributed by atoms with Crippen LogP contribution in [0.4, 0.5) is 0 Å². The first-order valence-electron chi connectivity index (χ1n) is 7.63. The molecule has 2 aliphatic rings.